The molecule has 0 aromatic rings. The monoisotopic (exact) mass is 423 g/mol. The molecule has 0 spiro atoms. The van der Waals surface area contributed by atoms with Crippen LogP contribution < -0.4 is 5.73 Å². The van der Waals surface area contributed by atoms with E-state index in [0.717, 1.165) is 12.8 Å². The first-order chi connectivity index (χ1) is 14.4. The van der Waals surface area contributed by atoms with Gasteiger partial charge in [0.2, 0.25) is 0 Å². The Morgan fingerprint density at radius 3 is 2.33 bits per heavy atom. The molecule has 0 aromatic carbocycles. The minimum absolute atomic E-state index is 0.0595. The first-order valence-electron chi connectivity index (χ1n) is 11.0. The molecule has 2 rings (SSSR count). The second kappa shape index (κ2) is 12.5. The van der Waals surface area contributed by atoms with Gasteiger partial charge in [0.15, 0.2) is 11.6 Å². The molecule has 7 heteroatoms. The SMILES string of the molecule is COC1CC(/C=C/C(=O)CC(=O)/C=C/C2CCC(O)C(CO)C2)C(CCN)CC1O. The number of nitrogens with two attached hydrogens (primary N) is 1. The van der Waals surface area contributed by atoms with Gasteiger partial charge in [-0.15, -0.1) is 0 Å². The largest absolute Gasteiger partial charge is 0.396 e. The minimum atomic E-state index is -0.523. The van der Waals surface area contributed by atoms with Crippen molar-refractivity contribution in [3.8, 4) is 0 Å². The number of methoxy groups -OCH3 is 1. The van der Waals surface area contributed by atoms with Crippen molar-refractivity contribution in [3.05, 3.63) is 24.3 Å². The van der Waals surface area contributed by atoms with Crippen LogP contribution in [0.15, 0.2) is 24.3 Å². The zero-order valence-electron chi connectivity index (χ0n) is 17.9. The van der Waals surface area contributed by atoms with E-state index in [0.29, 0.717) is 32.2 Å². The standard InChI is InChI=1S/C23H37NO6/c1-30-23-12-16(17(8-9-24)11-22(23)29)4-6-20(27)13-19(26)5-2-15-3-7-21(28)18(10-15)14-25/h2,4-6,15-18,21-23,25,28-29H,3,7-14,24H2,1H3/b5-2+,6-4+. The summed E-state index contributed by atoms with van der Waals surface area (Å²) in [6.45, 7) is 0.460. The summed E-state index contributed by atoms with van der Waals surface area (Å²) in [7, 11) is 1.57. The number of aliphatic hydroxyl groups is 3. The lowest BCUT2D eigenvalue weighted by molar-refractivity contribution is -0.122. The molecule has 0 heterocycles. The van der Waals surface area contributed by atoms with E-state index in [2.05, 4.69) is 0 Å². The van der Waals surface area contributed by atoms with Gasteiger partial charge in [0.05, 0.1) is 24.7 Å². The normalized spacial score (nSPS) is 35.2. The van der Waals surface area contributed by atoms with Crippen LogP contribution in [0.5, 0.6) is 0 Å². The van der Waals surface area contributed by atoms with Crippen molar-refractivity contribution in [2.75, 3.05) is 20.3 Å². The van der Waals surface area contributed by atoms with Gasteiger partial charge in [-0.3, -0.25) is 9.59 Å². The number of hydrogen-bond donors (Lipinski definition) is 4. The van der Waals surface area contributed by atoms with Crippen molar-refractivity contribution in [3.63, 3.8) is 0 Å². The number of allylic oxidation sites excluding steroid dienone is 4. The van der Waals surface area contributed by atoms with Gasteiger partial charge in [-0.2, -0.15) is 0 Å². The molecule has 30 heavy (non-hydrogen) atoms. The molecule has 0 saturated heterocycles. The summed E-state index contributed by atoms with van der Waals surface area (Å²) in [6.07, 6.45) is 9.13. The predicted octanol–water partition coefficient (Wildman–Crippen LogP) is 1.15. The van der Waals surface area contributed by atoms with E-state index in [1.165, 1.54) is 12.2 Å². The first kappa shape index (κ1) is 24.9. The summed E-state index contributed by atoms with van der Waals surface area (Å²) in [5.41, 5.74) is 5.69. The van der Waals surface area contributed by atoms with E-state index >= 15 is 0 Å². The van der Waals surface area contributed by atoms with Crippen LogP contribution in [-0.2, 0) is 14.3 Å². The third kappa shape index (κ3) is 7.39. The Morgan fingerprint density at radius 2 is 1.70 bits per heavy atom. The summed E-state index contributed by atoms with van der Waals surface area (Å²) in [5.74, 6) is -0.235. The van der Waals surface area contributed by atoms with Crippen LogP contribution in [-0.4, -0.2) is 65.5 Å². The molecule has 2 saturated carbocycles. The molecule has 7 unspecified atom stereocenters. The van der Waals surface area contributed by atoms with Crippen molar-refractivity contribution >= 4 is 11.6 Å². The van der Waals surface area contributed by atoms with Crippen LogP contribution in [0.2, 0.25) is 0 Å². The summed E-state index contributed by atoms with van der Waals surface area (Å²) in [6, 6.07) is 0. The topological polar surface area (TPSA) is 130 Å². The second-order valence-electron chi connectivity index (χ2n) is 8.72. The fraction of sp³-hybridized carbons (Fsp3) is 0.739. The zero-order chi connectivity index (χ0) is 22.1. The van der Waals surface area contributed by atoms with Gasteiger partial charge in [0, 0.05) is 19.6 Å². The lowest BCUT2D eigenvalue weighted by Crippen LogP contribution is -2.40. The van der Waals surface area contributed by atoms with E-state index < -0.39 is 12.2 Å². The molecule has 2 aliphatic rings. The van der Waals surface area contributed by atoms with Crippen LogP contribution in [0.1, 0.15) is 44.9 Å². The Balaban J connectivity index is 1.85. The minimum Gasteiger partial charge on any atom is -0.396 e. The van der Waals surface area contributed by atoms with Crippen molar-refractivity contribution in [2.24, 2.45) is 29.4 Å². The maximum Gasteiger partial charge on any atom is 0.163 e. The molecule has 7 nitrogen and oxygen atoms in total. The Morgan fingerprint density at radius 1 is 1.00 bits per heavy atom. The van der Waals surface area contributed by atoms with Crippen molar-refractivity contribution in [1.29, 1.82) is 0 Å². The molecule has 2 aliphatic carbocycles. The van der Waals surface area contributed by atoms with Crippen LogP contribution >= 0.6 is 0 Å². The lowest BCUT2D eigenvalue weighted by Gasteiger charge is -2.37. The molecular weight excluding hydrogens is 386 g/mol. The molecule has 0 amide bonds. The maximum absolute atomic E-state index is 12.3. The van der Waals surface area contributed by atoms with E-state index in [1.807, 2.05) is 6.08 Å². The Hall–Kier alpha value is -1.38. The van der Waals surface area contributed by atoms with Gasteiger partial charge >= 0.3 is 0 Å². The third-order valence-electron chi connectivity index (χ3n) is 6.57. The van der Waals surface area contributed by atoms with E-state index in [4.69, 9.17) is 10.5 Å². The molecule has 170 valence electrons. The molecular formula is C23H37NO6. The lowest BCUT2D eigenvalue weighted by atomic mass is 9.74. The molecule has 0 bridgehead atoms. The third-order valence-corrected chi connectivity index (χ3v) is 6.57. The fourth-order valence-corrected chi connectivity index (χ4v) is 4.71. The molecule has 0 radical (unpaired) electrons. The van der Waals surface area contributed by atoms with E-state index in [1.54, 1.807) is 13.2 Å². The Labute approximate surface area is 179 Å². The number of ether oxygens (including phenoxy) is 1. The fourth-order valence-electron chi connectivity index (χ4n) is 4.71. The van der Waals surface area contributed by atoms with Crippen LogP contribution in [0.25, 0.3) is 0 Å². The van der Waals surface area contributed by atoms with E-state index in [-0.39, 0.29) is 54.4 Å². The van der Waals surface area contributed by atoms with Gasteiger partial charge in [-0.25, -0.2) is 0 Å². The summed E-state index contributed by atoms with van der Waals surface area (Å²) < 4.78 is 5.35. The maximum atomic E-state index is 12.3. The summed E-state index contributed by atoms with van der Waals surface area (Å²) in [5, 5.41) is 29.3. The molecule has 0 aliphatic heterocycles. The molecule has 0 aromatic heterocycles. The molecule has 2 fully saturated rings. The smallest absolute Gasteiger partial charge is 0.163 e. The van der Waals surface area contributed by atoms with Gasteiger partial charge in [0.1, 0.15) is 0 Å². The number of ketones is 2. The Kier molecular flexibility index (Phi) is 10.3. The van der Waals surface area contributed by atoms with Crippen molar-refractivity contribution < 1.29 is 29.6 Å². The van der Waals surface area contributed by atoms with Gasteiger partial charge in [-0.05, 0) is 75.0 Å². The summed E-state index contributed by atoms with van der Waals surface area (Å²) >= 11 is 0. The average molecular weight is 424 g/mol. The molecule has 7 atom stereocenters. The number of hydrogen-bond acceptors (Lipinski definition) is 7. The number of carbonyl (C=O) groups is 2. The van der Waals surface area contributed by atoms with Gasteiger partial charge in [0.25, 0.3) is 0 Å². The number of rotatable bonds is 10. The Bertz CT molecular complexity index is 619. The van der Waals surface area contributed by atoms with E-state index in [9.17, 15) is 24.9 Å². The van der Waals surface area contributed by atoms with Gasteiger partial charge in [-0.1, -0.05) is 12.2 Å². The number of carbonyl (C=O) groups excluding carboxylic acids is 2. The summed E-state index contributed by atoms with van der Waals surface area (Å²) in [4.78, 5) is 24.4. The van der Waals surface area contributed by atoms with Crippen LogP contribution in [0.4, 0.5) is 0 Å². The second-order valence-corrected chi connectivity index (χ2v) is 8.72. The van der Waals surface area contributed by atoms with Crippen LogP contribution in [0.3, 0.4) is 0 Å². The number of aliphatic hydroxyl groups excluding tert-OH is 3. The highest BCUT2D eigenvalue weighted by molar-refractivity contribution is 6.08. The highest BCUT2D eigenvalue weighted by Crippen LogP contribution is 2.35. The predicted molar refractivity (Wildman–Crippen MR) is 114 cm³/mol. The van der Waals surface area contributed by atoms with Gasteiger partial charge < -0.3 is 25.8 Å². The average Bonchev–Trinajstić information content (AvgIpc) is 2.72. The van der Waals surface area contributed by atoms with Crippen molar-refractivity contribution in [1.82, 2.24) is 0 Å². The van der Waals surface area contributed by atoms with Crippen LogP contribution in [0, 0.1) is 23.7 Å². The quantitative estimate of drug-likeness (QED) is 0.306. The highest BCUT2D eigenvalue weighted by Gasteiger charge is 2.34. The van der Waals surface area contributed by atoms with Crippen molar-refractivity contribution in [2.45, 2.75) is 63.3 Å². The first-order valence-corrected chi connectivity index (χ1v) is 11.0. The molecule has 5 N–H and O–H groups in total. The zero-order valence-corrected chi connectivity index (χ0v) is 17.9. The highest BCUT2D eigenvalue weighted by atomic mass is 16.5.